The van der Waals surface area contributed by atoms with Crippen molar-refractivity contribution in [1.29, 1.82) is 0 Å². The summed E-state index contributed by atoms with van der Waals surface area (Å²) in [5, 5.41) is 1.11. The third-order valence-electron chi connectivity index (χ3n) is 3.62. The molecule has 3 rings (SSSR count). The standard InChI is InChI=1S/C17H18N4/c1-13-3-4-16-15(11-13)17(20-12-19-16)21(2)10-7-14-5-8-18-9-6-14/h3-6,8-9,11-12H,7,10H2,1-2H3. The van der Waals surface area contributed by atoms with Crippen LogP contribution in [-0.4, -0.2) is 28.5 Å². The molecule has 0 spiro atoms. The maximum atomic E-state index is 4.46. The normalized spacial score (nSPS) is 10.8. The molecular weight excluding hydrogens is 260 g/mol. The number of likely N-dealkylation sites (N-methyl/N-ethyl adjacent to an activating group) is 1. The van der Waals surface area contributed by atoms with Crippen LogP contribution in [0.25, 0.3) is 10.9 Å². The number of hydrogen-bond acceptors (Lipinski definition) is 4. The van der Waals surface area contributed by atoms with Crippen molar-refractivity contribution in [3.8, 4) is 0 Å². The molecule has 0 N–H and O–H groups in total. The van der Waals surface area contributed by atoms with Crippen molar-refractivity contribution in [2.75, 3.05) is 18.5 Å². The number of aromatic nitrogens is 3. The summed E-state index contributed by atoms with van der Waals surface area (Å²) in [5.74, 6) is 0.984. The zero-order valence-corrected chi connectivity index (χ0v) is 12.3. The molecule has 0 fully saturated rings. The van der Waals surface area contributed by atoms with Crippen molar-refractivity contribution in [3.05, 3.63) is 60.2 Å². The van der Waals surface area contributed by atoms with E-state index in [0.717, 1.165) is 29.7 Å². The summed E-state index contributed by atoms with van der Waals surface area (Å²) in [7, 11) is 2.07. The minimum atomic E-state index is 0.907. The van der Waals surface area contributed by atoms with Gasteiger partial charge in [0.05, 0.1) is 5.52 Å². The first kappa shape index (κ1) is 13.5. The number of aryl methyl sites for hydroxylation is 1. The van der Waals surface area contributed by atoms with Crippen LogP contribution in [-0.2, 0) is 6.42 Å². The molecule has 0 atom stereocenters. The Labute approximate surface area is 124 Å². The maximum absolute atomic E-state index is 4.46. The zero-order chi connectivity index (χ0) is 14.7. The molecular formula is C17H18N4. The average molecular weight is 278 g/mol. The third kappa shape index (κ3) is 2.99. The lowest BCUT2D eigenvalue weighted by molar-refractivity contribution is 0.860. The SMILES string of the molecule is Cc1ccc2ncnc(N(C)CCc3ccncc3)c2c1. The lowest BCUT2D eigenvalue weighted by atomic mass is 10.1. The number of anilines is 1. The molecule has 2 aromatic heterocycles. The van der Waals surface area contributed by atoms with Crippen molar-refractivity contribution in [2.24, 2.45) is 0 Å². The molecule has 0 bridgehead atoms. The number of benzene rings is 1. The van der Waals surface area contributed by atoms with Gasteiger partial charge in [-0.3, -0.25) is 4.98 Å². The Kier molecular flexibility index (Phi) is 3.77. The molecule has 0 saturated heterocycles. The summed E-state index contributed by atoms with van der Waals surface area (Å²) >= 11 is 0. The van der Waals surface area contributed by atoms with Gasteiger partial charge in [-0.25, -0.2) is 9.97 Å². The smallest absolute Gasteiger partial charge is 0.139 e. The Balaban J connectivity index is 1.84. The summed E-state index contributed by atoms with van der Waals surface area (Å²) in [6.45, 7) is 3.00. The molecule has 0 unspecified atom stereocenters. The van der Waals surface area contributed by atoms with E-state index in [1.165, 1.54) is 11.1 Å². The quantitative estimate of drug-likeness (QED) is 0.735. The van der Waals surface area contributed by atoms with Crippen LogP contribution in [0.1, 0.15) is 11.1 Å². The third-order valence-corrected chi connectivity index (χ3v) is 3.62. The Morgan fingerprint density at radius 3 is 2.67 bits per heavy atom. The van der Waals surface area contributed by atoms with E-state index in [-0.39, 0.29) is 0 Å². The fraction of sp³-hybridized carbons (Fsp3) is 0.235. The molecule has 0 aliphatic rings. The fourth-order valence-electron chi connectivity index (χ4n) is 2.41. The van der Waals surface area contributed by atoms with E-state index in [2.05, 4.69) is 58.1 Å². The summed E-state index contributed by atoms with van der Waals surface area (Å²) in [6.07, 6.45) is 6.27. The minimum Gasteiger partial charge on any atom is -0.359 e. The van der Waals surface area contributed by atoms with Gasteiger partial charge >= 0.3 is 0 Å². The second-order valence-corrected chi connectivity index (χ2v) is 5.24. The highest BCUT2D eigenvalue weighted by molar-refractivity contribution is 5.89. The number of rotatable bonds is 4. The van der Waals surface area contributed by atoms with Crippen LogP contribution >= 0.6 is 0 Å². The second-order valence-electron chi connectivity index (χ2n) is 5.24. The maximum Gasteiger partial charge on any atom is 0.139 e. The van der Waals surface area contributed by atoms with Crippen LogP contribution in [0.15, 0.2) is 49.1 Å². The molecule has 106 valence electrons. The molecule has 3 aromatic rings. The lowest BCUT2D eigenvalue weighted by Crippen LogP contribution is -2.21. The summed E-state index contributed by atoms with van der Waals surface area (Å²) in [4.78, 5) is 15.0. The molecule has 4 nitrogen and oxygen atoms in total. The van der Waals surface area contributed by atoms with Gasteiger partial charge in [-0.15, -0.1) is 0 Å². The number of hydrogen-bond donors (Lipinski definition) is 0. The van der Waals surface area contributed by atoms with Crippen molar-refractivity contribution in [3.63, 3.8) is 0 Å². The summed E-state index contributed by atoms with van der Waals surface area (Å²) < 4.78 is 0. The van der Waals surface area contributed by atoms with Crippen LogP contribution in [0.4, 0.5) is 5.82 Å². The highest BCUT2D eigenvalue weighted by Crippen LogP contribution is 2.23. The molecule has 1 aromatic carbocycles. The fourth-order valence-corrected chi connectivity index (χ4v) is 2.41. The van der Waals surface area contributed by atoms with Crippen LogP contribution in [0.3, 0.4) is 0 Å². The van der Waals surface area contributed by atoms with E-state index < -0.39 is 0 Å². The van der Waals surface area contributed by atoms with E-state index in [1.807, 2.05) is 18.5 Å². The Morgan fingerprint density at radius 2 is 1.86 bits per heavy atom. The Bertz CT molecular complexity index is 740. The monoisotopic (exact) mass is 278 g/mol. The van der Waals surface area contributed by atoms with Crippen LogP contribution in [0.5, 0.6) is 0 Å². The van der Waals surface area contributed by atoms with E-state index >= 15 is 0 Å². The largest absolute Gasteiger partial charge is 0.359 e. The first-order valence-corrected chi connectivity index (χ1v) is 7.05. The molecule has 0 aliphatic carbocycles. The Morgan fingerprint density at radius 1 is 1.05 bits per heavy atom. The molecule has 0 amide bonds. The summed E-state index contributed by atoms with van der Waals surface area (Å²) in [6, 6.07) is 10.4. The van der Waals surface area contributed by atoms with E-state index in [4.69, 9.17) is 0 Å². The van der Waals surface area contributed by atoms with E-state index in [0.29, 0.717) is 0 Å². The minimum absolute atomic E-state index is 0.907. The lowest BCUT2D eigenvalue weighted by Gasteiger charge is -2.19. The van der Waals surface area contributed by atoms with E-state index in [1.54, 1.807) is 6.33 Å². The van der Waals surface area contributed by atoms with Crippen LogP contribution < -0.4 is 4.90 Å². The van der Waals surface area contributed by atoms with E-state index in [9.17, 15) is 0 Å². The van der Waals surface area contributed by atoms with Crippen molar-refractivity contribution < 1.29 is 0 Å². The molecule has 0 saturated carbocycles. The van der Waals surface area contributed by atoms with Gasteiger partial charge in [-0.2, -0.15) is 0 Å². The van der Waals surface area contributed by atoms with Gasteiger partial charge < -0.3 is 4.90 Å². The second kappa shape index (κ2) is 5.87. The molecule has 4 heteroatoms. The molecule has 2 heterocycles. The predicted molar refractivity (Wildman–Crippen MR) is 85.5 cm³/mol. The van der Waals surface area contributed by atoms with Crippen LogP contribution in [0, 0.1) is 6.92 Å². The number of pyridine rings is 1. The van der Waals surface area contributed by atoms with Gasteiger partial charge in [0.25, 0.3) is 0 Å². The topological polar surface area (TPSA) is 41.9 Å². The van der Waals surface area contributed by atoms with Crippen molar-refractivity contribution in [2.45, 2.75) is 13.3 Å². The average Bonchev–Trinajstić information content (AvgIpc) is 2.53. The van der Waals surface area contributed by atoms with Gasteiger partial charge in [0, 0.05) is 31.4 Å². The molecule has 0 radical (unpaired) electrons. The first-order valence-electron chi connectivity index (χ1n) is 7.05. The summed E-state index contributed by atoms with van der Waals surface area (Å²) in [5.41, 5.74) is 3.49. The zero-order valence-electron chi connectivity index (χ0n) is 12.3. The number of fused-ring (bicyclic) bond motifs is 1. The molecule has 0 aliphatic heterocycles. The highest BCUT2D eigenvalue weighted by atomic mass is 15.2. The van der Waals surface area contributed by atoms with Gasteiger partial charge in [-0.1, -0.05) is 11.6 Å². The van der Waals surface area contributed by atoms with Gasteiger partial charge in [0.15, 0.2) is 0 Å². The van der Waals surface area contributed by atoms with Gasteiger partial charge in [-0.05, 0) is 43.2 Å². The Hall–Kier alpha value is -2.49. The van der Waals surface area contributed by atoms with Crippen molar-refractivity contribution in [1.82, 2.24) is 15.0 Å². The first-order chi connectivity index (χ1) is 10.2. The van der Waals surface area contributed by atoms with Gasteiger partial charge in [0.2, 0.25) is 0 Å². The van der Waals surface area contributed by atoms with Crippen LogP contribution in [0.2, 0.25) is 0 Å². The van der Waals surface area contributed by atoms with Crippen molar-refractivity contribution >= 4 is 16.7 Å². The van der Waals surface area contributed by atoms with Gasteiger partial charge in [0.1, 0.15) is 12.1 Å². The highest BCUT2D eigenvalue weighted by Gasteiger charge is 2.08. The predicted octanol–water partition coefficient (Wildman–Crippen LogP) is 3.01. The number of nitrogens with zero attached hydrogens (tertiary/aromatic N) is 4. The molecule has 21 heavy (non-hydrogen) atoms.